The number of likely N-dealkylation sites (N-methyl/N-ethyl adjacent to an activating group) is 1. The van der Waals surface area contributed by atoms with E-state index in [1.165, 1.54) is 0 Å². The van der Waals surface area contributed by atoms with Crippen LogP contribution < -0.4 is 9.64 Å². The van der Waals surface area contributed by atoms with Gasteiger partial charge in [0.1, 0.15) is 18.4 Å². The van der Waals surface area contributed by atoms with Gasteiger partial charge in [-0.05, 0) is 43.2 Å². The number of anilines is 1. The first-order chi connectivity index (χ1) is 14.7. The zero-order valence-corrected chi connectivity index (χ0v) is 17.7. The van der Waals surface area contributed by atoms with Gasteiger partial charge in [-0.25, -0.2) is 4.79 Å². The molecule has 0 saturated heterocycles. The highest BCUT2D eigenvalue weighted by Gasteiger charge is 2.28. The third-order valence-electron chi connectivity index (χ3n) is 4.99. The van der Waals surface area contributed by atoms with Crippen molar-refractivity contribution in [2.24, 2.45) is 0 Å². The Morgan fingerprint density at radius 2 is 1.50 bits per heavy atom. The Hall–Kier alpha value is -3.27. The molecule has 0 saturated carbocycles. The van der Waals surface area contributed by atoms with Crippen molar-refractivity contribution >= 4 is 11.7 Å². The van der Waals surface area contributed by atoms with Crippen LogP contribution >= 0.6 is 0 Å². The lowest BCUT2D eigenvalue weighted by Crippen LogP contribution is -2.44. The Labute approximate surface area is 179 Å². The van der Waals surface area contributed by atoms with Crippen LogP contribution in [0.3, 0.4) is 0 Å². The SMILES string of the molecule is CCOC(=O)C(Cc1ccccc1OCc1ccccc1)N(CC)c1ccccc1. The zero-order valence-electron chi connectivity index (χ0n) is 17.7. The summed E-state index contributed by atoms with van der Waals surface area (Å²) < 4.78 is 11.5. The molecule has 3 rings (SSSR count). The molecule has 0 fully saturated rings. The standard InChI is InChI=1S/C26H29NO3/c1-3-27(23-16-9-6-10-17-23)24(26(28)29-4-2)19-22-15-11-12-18-25(22)30-20-21-13-7-5-8-14-21/h5-18,24H,3-4,19-20H2,1-2H3. The normalized spacial score (nSPS) is 11.5. The van der Waals surface area contributed by atoms with Crippen LogP contribution in [0.4, 0.5) is 5.69 Å². The Morgan fingerprint density at radius 1 is 0.867 bits per heavy atom. The fourth-order valence-electron chi connectivity index (χ4n) is 3.52. The van der Waals surface area contributed by atoms with Gasteiger partial charge in [-0.3, -0.25) is 0 Å². The highest BCUT2D eigenvalue weighted by Crippen LogP contribution is 2.25. The van der Waals surface area contributed by atoms with E-state index in [1.54, 1.807) is 0 Å². The van der Waals surface area contributed by atoms with Crippen molar-refractivity contribution in [1.29, 1.82) is 0 Å². The summed E-state index contributed by atoms with van der Waals surface area (Å²) in [4.78, 5) is 15.0. The van der Waals surface area contributed by atoms with Crippen molar-refractivity contribution in [3.63, 3.8) is 0 Å². The highest BCUT2D eigenvalue weighted by atomic mass is 16.5. The molecule has 0 bridgehead atoms. The first-order valence-electron chi connectivity index (χ1n) is 10.5. The van der Waals surface area contributed by atoms with Crippen LogP contribution in [0, 0.1) is 0 Å². The largest absolute Gasteiger partial charge is 0.489 e. The van der Waals surface area contributed by atoms with Gasteiger partial charge in [0.05, 0.1) is 6.61 Å². The first-order valence-corrected chi connectivity index (χ1v) is 10.5. The van der Waals surface area contributed by atoms with E-state index in [9.17, 15) is 4.79 Å². The second kappa shape index (κ2) is 11.1. The fourth-order valence-corrected chi connectivity index (χ4v) is 3.52. The minimum Gasteiger partial charge on any atom is -0.489 e. The van der Waals surface area contributed by atoms with Gasteiger partial charge in [0.2, 0.25) is 0 Å². The molecular weight excluding hydrogens is 374 g/mol. The van der Waals surface area contributed by atoms with Gasteiger partial charge in [-0.15, -0.1) is 0 Å². The molecule has 0 N–H and O–H groups in total. The van der Waals surface area contributed by atoms with E-state index in [4.69, 9.17) is 9.47 Å². The predicted molar refractivity (Wildman–Crippen MR) is 121 cm³/mol. The van der Waals surface area contributed by atoms with Gasteiger partial charge in [0.15, 0.2) is 0 Å². The summed E-state index contributed by atoms with van der Waals surface area (Å²) in [5.74, 6) is 0.570. The number of hydrogen-bond acceptors (Lipinski definition) is 4. The molecule has 4 heteroatoms. The molecule has 0 aromatic heterocycles. The fraction of sp³-hybridized carbons (Fsp3) is 0.269. The molecule has 4 nitrogen and oxygen atoms in total. The van der Waals surface area contributed by atoms with E-state index in [0.717, 1.165) is 22.6 Å². The minimum atomic E-state index is -0.432. The molecule has 1 unspecified atom stereocenters. The van der Waals surface area contributed by atoms with E-state index < -0.39 is 6.04 Å². The van der Waals surface area contributed by atoms with Gasteiger partial charge in [-0.2, -0.15) is 0 Å². The van der Waals surface area contributed by atoms with E-state index in [1.807, 2.05) is 91.9 Å². The maximum atomic E-state index is 12.9. The van der Waals surface area contributed by atoms with Crippen molar-refractivity contribution < 1.29 is 14.3 Å². The molecule has 1 atom stereocenters. The summed E-state index contributed by atoms with van der Waals surface area (Å²) >= 11 is 0. The van der Waals surface area contributed by atoms with Gasteiger partial charge in [-0.1, -0.05) is 66.7 Å². The van der Waals surface area contributed by atoms with Gasteiger partial charge >= 0.3 is 5.97 Å². The van der Waals surface area contributed by atoms with Crippen molar-refractivity contribution in [2.75, 3.05) is 18.1 Å². The third-order valence-corrected chi connectivity index (χ3v) is 4.99. The molecule has 0 amide bonds. The number of hydrogen-bond donors (Lipinski definition) is 0. The Balaban J connectivity index is 1.84. The molecule has 0 aliphatic rings. The summed E-state index contributed by atoms with van der Waals surface area (Å²) in [6.45, 7) is 5.42. The Morgan fingerprint density at radius 3 is 2.17 bits per heavy atom. The van der Waals surface area contributed by atoms with E-state index in [2.05, 4.69) is 11.8 Å². The number of rotatable bonds is 10. The lowest BCUT2D eigenvalue weighted by atomic mass is 10.0. The second-order valence-corrected chi connectivity index (χ2v) is 6.98. The maximum absolute atomic E-state index is 12.9. The number of carbonyl (C=O) groups is 1. The number of benzene rings is 3. The van der Waals surface area contributed by atoms with Crippen LogP contribution in [-0.4, -0.2) is 25.2 Å². The molecule has 0 aliphatic carbocycles. The van der Waals surface area contributed by atoms with Crippen molar-refractivity contribution in [3.8, 4) is 5.75 Å². The second-order valence-electron chi connectivity index (χ2n) is 6.98. The van der Waals surface area contributed by atoms with E-state index in [0.29, 0.717) is 26.2 Å². The topological polar surface area (TPSA) is 38.8 Å². The number of esters is 1. The average Bonchev–Trinajstić information content (AvgIpc) is 2.80. The lowest BCUT2D eigenvalue weighted by Gasteiger charge is -2.31. The number of nitrogens with zero attached hydrogens (tertiary/aromatic N) is 1. The van der Waals surface area contributed by atoms with Crippen LogP contribution in [0.15, 0.2) is 84.9 Å². The molecule has 0 radical (unpaired) electrons. The molecule has 30 heavy (non-hydrogen) atoms. The number of carbonyl (C=O) groups excluding carboxylic acids is 1. The number of ether oxygens (including phenoxy) is 2. The van der Waals surface area contributed by atoms with Gasteiger partial charge in [0.25, 0.3) is 0 Å². The van der Waals surface area contributed by atoms with Crippen LogP contribution in [0.1, 0.15) is 25.0 Å². The maximum Gasteiger partial charge on any atom is 0.329 e. The molecular formula is C26H29NO3. The van der Waals surface area contributed by atoms with E-state index in [-0.39, 0.29) is 5.97 Å². The summed E-state index contributed by atoms with van der Waals surface area (Å²) in [6, 6.07) is 27.5. The van der Waals surface area contributed by atoms with Gasteiger partial charge in [0, 0.05) is 18.7 Å². The predicted octanol–water partition coefficient (Wildman–Crippen LogP) is 5.27. The Kier molecular flexibility index (Phi) is 7.90. The van der Waals surface area contributed by atoms with Gasteiger partial charge < -0.3 is 14.4 Å². The quantitative estimate of drug-likeness (QED) is 0.433. The van der Waals surface area contributed by atoms with Crippen LogP contribution in [-0.2, 0) is 22.6 Å². The molecule has 0 spiro atoms. The minimum absolute atomic E-state index is 0.221. The highest BCUT2D eigenvalue weighted by molar-refractivity contribution is 5.80. The molecule has 3 aromatic carbocycles. The van der Waals surface area contributed by atoms with Crippen molar-refractivity contribution in [2.45, 2.75) is 32.9 Å². The first kappa shape index (κ1) is 21.4. The molecule has 0 aliphatic heterocycles. The summed E-state index contributed by atoms with van der Waals surface area (Å²) in [5, 5.41) is 0. The van der Waals surface area contributed by atoms with E-state index >= 15 is 0 Å². The third kappa shape index (κ3) is 5.63. The van der Waals surface area contributed by atoms with Crippen LogP contribution in [0.2, 0.25) is 0 Å². The van der Waals surface area contributed by atoms with Crippen molar-refractivity contribution in [3.05, 3.63) is 96.1 Å². The molecule has 156 valence electrons. The monoisotopic (exact) mass is 403 g/mol. The summed E-state index contributed by atoms with van der Waals surface area (Å²) in [7, 11) is 0. The van der Waals surface area contributed by atoms with Crippen LogP contribution in [0.25, 0.3) is 0 Å². The zero-order chi connectivity index (χ0) is 21.2. The smallest absolute Gasteiger partial charge is 0.329 e. The number of para-hydroxylation sites is 2. The molecule has 0 heterocycles. The lowest BCUT2D eigenvalue weighted by molar-refractivity contribution is -0.144. The molecule has 3 aromatic rings. The van der Waals surface area contributed by atoms with Crippen molar-refractivity contribution in [1.82, 2.24) is 0 Å². The average molecular weight is 404 g/mol. The summed E-state index contributed by atoms with van der Waals surface area (Å²) in [5.41, 5.74) is 3.09. The Bertz CT molecular complexity index is 912. The van der Waals surface area contributed by atoms with Crippen LogP contribution in [0.5, 0.6) is 5.75 Å². The summed E-state index contributed by atoms with van der Waals surface area (Å²) in [6.07, 6.45) is 0.506.